The number of hydrogen-bond donors (Lipinski definition) is 1. The fourth-order valence-electron chi connectivity index (χ4n) is 2.31. The van der Waals surface area contributed by atoms with Gasteiger partial charge in [0.25, 0.3) is 0 Å². The van der Waals surface area contributed by atoms with Gasteiger partial charge in [0.05, 0.1) is 0 Å². The third kappa shape index (κ3) is 2.51. The van der Waals surface area contributed by atoms with E-state index in [4.69, 9.17) is 5.73 Å². The number of likely N-dealkylation sites (tertiary alicyclic amines) is 1. The van der Waals surface area contributed by atoms with E-state index in [1.54, 1.807) is 0 Å². The van der Waals surface area contributed by atoms with Crippen LogP contribution in [0.1, 0.15) is 25.3 Å². The first kappa shape index (κ1) is 10.5. The van der Waals surface area contributed by atoms with Crippen molar-refractivity contribution in [1.82, 2.24) is 4.90 Å². The van der Waals surface area contributed by atoms with E-state index in [0.717, 1.165) is 18.2 Å². The predicted octanol–water partition coefficient (Wildman–Crippen LogP) is 2.50. The summed E-state index contributed by atoms with van der Waals surface area (Å²) in [7, 11) is 0. The van der Waals surface area contributed by atoms with Gasteiger partial charge in [0.15, 0.2) is 0 Å². The van der Waals surface area contributed by atoms with Gasteiger partial charge in [-0.2, -0.15) is 0 Å². The monoisotopic (exact) mass is 204 g/mol. The molecule has 1 aromatic carbocycles. The number of anilines is 1. The molecular formula is C13H20N2. The number of nitrogens with zero attached hydrogens (tertiary/aromatic N) is 1. The minimum absolute atomic E-state index is 0.898. The van der Waals surface area contributed by atoms with Crippen molar-refractivity contribution in [3.63, 3.8) is 0 Å². The molecule has 2 rings (SSSR count). The summed E-state index contributed by atoms with van der Waals surface area (Å²) < 4.78 is 0. The van der Waals surface area contributed by atoms with Crippen molar-refractivity contribution in [1.29, 1.82) is 0 Å². The van der Waals surface area contributed by atoms with Crippen LogP contribution in [0.2, 0.25) is 0 Å². The van der Waals surface area contributed by atoms with Crippen molar-refractivity contribution in [2.24, 2.45) is 5.92 Å². The molecule has 0 aromatic heterocycles. The van der Waals surface area contributed by atoms with Crippen molar-refractivity contribution in [2.45, 2.75) is 26.3 Å². The Labute approximate surface area is 92.1 Å². The van der Waals surface area contributed by atoms with Crippen LogP contribution in [0, 0.1) is 5.92 Å². The maximum absolute atomic E-state index is 5.94. The Morgan fingerprint density at radius 1 is 1.40 bits per heavy atom. The highest BCUT2D eigenvalue weighted by atomic mass is 15.1. The van der Waals surface area contributed by atoms with E-state index in [2.05, 4.69) is 24.0 Å². The fraction of sp³-hybridized carbons (Fsp3) is 0.538. The highest BCUT2D eigenvalue weighted by Gasteiger charge is 2.20. The molecule has 1 heterocycles. The molecule has 1 aromatic rings. The second-order valence-electron chi connectivity index (χ2n) is 4.50. The average molecular weight is 204 g/mol. The van der Waals surface area contributed by atoms with E-state index in [1.165, 1.54) is 31.5 Å². The first-order valence-corrected chi connectivity index (χ1v) is 5.85. The third-order valence-corrected chi connectivity index (χ3v) is 3.40. The number of nitrogen functional groups attached to an aromatic ring is 1. The van der Waals surface area contributed by atoms with E-state index in [0.29, 0.717) is 0 Å². The maximum atomic E-state index is 5.94. The zero-order valence-electron chi connectivity index (χ0n) is 9.45. The standard InChI is InChI=1S/C13H20N2/c1-2-11-7-8-15(9-11)10-12-5-3-4-6-13(12)14/h3-6,11H,2,7-10,14H2,1H3. The quantitative estimate of drug-likeness (QED) is 0.766. The van der Waals surface area contributed by atoms with Gasteiger partial charge < -0.3 is 5.73 Å². The molecule has 1 atom stereocenters. The van der Waals surface area contributed by atoms with Gasteiger partial charge in [0, 0.05) is 18.8 Å². The summed E-state index contributed by atoms with van der Waals surface area (Å²) in [6.07, 6.45) is 2.66. The molecule has 2 heteroatoms. The fourth-order valence-corrected chi connectivity index (χ4v) is 2.31. The molecule has 0 radical (unpaired) electrons. The lowest BCUT2D eigenvalue weighted by molar-refractivity contribution is 0.316. The van der Waals surface area contributed by atoms with Gasteiger partial charge in [0.1, 0.15) is 0 Å². The van der Waals surface area contributed by atoms with Crippen molar-refractivity contribution >= 4 is 5.69 Å². The molecule has 1 fully saturated rings. The summed E-state index contributed by atoms with van der Waals surface area (Å²) in [5.74, 6) is 0.898. The van der Waals surface area contributed by atoms with E-state index >= 15 is 0 Å². The Balaban J connectivity index is 1.96. The lowest BCUT2D eigenvalue weighted by Crippen LogP contribution is -2.20. The molecule has 15 heavy (non-hydrogen) atoms. The minimum Gasteiger partial charge on any atom is -0.398 e. The summed E-state index contributed by atoms with van der Waals surface area (Å²) in [4.78, 5) is 2.51. The molecule has 2 nitrogen and oxygen atoms in total. The van der Waals surface area contributed by atoms with Crippen LogP contribution in [0.4, 0.5) is 5.69 Å². The molecule has 82 valence electrons. The largest absolute Gasteiger partial charge is 0.398 e. The van der Waals surface area contributed by atoms with Crippen LogP contribution in [0.25, 0.3) is 0 Å². The summed E-state index contributed by atoms with van der Waals surface area (Å²) in [6.45, 7) is 5.77. The second-order valence-corrected chi connectivity index (χ2v) is 4.50. The molecule has 1 aliphatic rings. The molecule has 0 aliphatic carbocycles. The highest BCUT2D eigenvalue weighted by molar-refractivity contribution is 5.46. The Kier molecular flexibility index (Phi) is 3.27. The molecular weight excluding hydrogens is 184 g/mol. The topological polar surface area (TPSA) is 29.3 Å². The van der Waals surface area contributed by atoms with Gasteiger partial charge in [-0.05, 0) is 30.5 Å². The number of para-hydroxylation sites is 1. The van der Waals surface area contributed by atoms with Gasteiger partial charge >= 0.3 is 0 Å². The Morgan fingerprint density at radius 2 is 2.20 bits per heavy atom. The van der Waals surface area contributed by atoms with Crippen molar-refractivity contribution in [2.75, 3.05) is 18.8 Å². The zero-order valence-corrected chi connectivity index (χ0v) is 9.45. The number of nitrogens with two attached hydrogens (primary N) is 1. The summed E-state index contributed by atoms with van der Waals surface area (Å²) >= 11 is 0. The van der Waals surface area contributed by atoms with Crippen LogP contribution in [0.3, 0.4) is 0 Å². The van der Waals surface area contributed by atoms with Crippen LogP contribution in [0.15, 0.2) is 24.3 Å². The molecule has 0 spiro atoms. The maximum Gasteiger partial charge on any atom is 0.0359 e. The lowest BCUT2D eigenvalue weighted by Gasteiger charge is -2.16. The van der Waals surface area contributed by atoms with Crippen LogP contribution in [-0.2, 0) is 6.54 Å². The Bertz CT molecular complexity index is 322. The summed E-state index contributed by atoms with van der Waals surface area (Å²) in [5.41, 5.74) is 8.14. The van der Waals surface area contributed by atoms with Gasteiger partial charge in [-0.15, -0.1) is 0 Å². The number of hydrogen-bond acceptors (Lipinski definition) is 2. The van der Waals surface area contributed by atoms with E-state index in [9.17, 15) is 0 Å². The van der Waals surface area contributed by atoms with Crippen molar-refractivity contribution in [3.8, 4) is 0 Å². The SMILES string of the molecule is CCC1CCN(Cc2ccccc2N)C1. The normalized spacial score (nSPS) is 22.1. The zero-order chi connectivity index (χ0) is 10.7. The van der Waals surface area contributed by atoms with E-state index in [-0.39, 0.29) is 0 Å². The smallest absolute Gasteiger partial charge is 0.0359 e. The van der Waals surface area contributed by atoms with Crippen LogP contribution in [0.5, 0.6) is 0 Å². The molecule has 1 aliphatic heterocycles. The molecule has 0 bridgehead atoms. The Hall–Kier alpha value is -1.02. The summed E-state index contributed by atoms with van der Waals surface area (Å²) in [6, 6.07) is 8.19. The number of rotatable bonds is 3. The van der Waals surface area contributed by atoms with Crippen LogP contribution < -0.4 is 5.73 Å². The van der Waals surface area contributed by atoms with Gasteiger partial charge in [-0.3, -0.25) is 4.90 Å². The third-order valence-electron chi connectivity index (χ3n) is 3.40. The van der Waals surface area contributed by atoms with Crippen LogP contribution in [-0.4, -0.2) is 18.0 Å². The highest BCUT2D eigenvalue weighted by Crippen LogP contribution is 2.22. The van der Waals surface area contributed by atoms with Gasteiger partial charge in [0.2, 0.25) is 0 Å². The first-order chi connectivity index (χ1) is 7.29. The van der Waals surface area contributed by atoms with Gasteiger partial charge in [-0.25, -0.2) is 0 Å². The van der Waals surface area contributed by atoms with Gasteiger partial charge in [-0.1, -0.05) is 31.5 Å². The molecule has 1 unspecified atom stereocenters. The van der Waals surface area contributed by atoms with Crippen LogP contribution >= 0.6 is 0 Å². The molecule has 0 saturated carbocycles. The minimum atomic E-state index is 0.898. The molecule has 2 N–H and O–H groups in total. The second kappa shape index (κ2) is 4.67. The Morgan fingerprint density at radius 3 is 2.87 bits per heavy atom. The molecule has 0 amide bonds. The van der Waals surface area contributed by atoms with Crippen molar-refractivity contribution in [3.05, 3.63) is 29.8 Å². The molecule has 1 saturated heterocycles. The average Bonchev–Trinajstić information content (AvgIpc) is 2.69. The summed E-state index contributed by atoms with van der Waals surface area (Å²) in [5, 5.41) is 0. The first-order valence-electron chi connectivity index (χ1n) is 5.85. The lowest BCUT2D eigenvalue weighted by atomic mass is 10.1. The van der Waals surface area contributed by atoms with E-state index in [1.807, 2.05) is 12.1 Å². The van der Waals surface area contributed by atoms with Crippen molar-refractivity contribution < 1.29 is 0 Å². The number of benzene rings is 1. The van der Waals surface area contributed by atoms with E-state index < -0.39 is 0 Å². The predicted molar refractivity (Wildman–Crippen MR) is 64.5 cm³/mol.